The molecule has 2 unspecified atom stereocenters. The topological polar surface area (TPSA) is 86.7 Å². The predicted molar refractivity (Wildman–Crippen MR) is 36.8 cm³/mol. The van der Waals surface area contributed by atoms with Gasteiger partial charge in [0.15, 0.2) is 4.93 Å². The molecule has 0 aliphatic rings. The van der Waals surface area contributed by atoms with Crippen LogP contribution in [0.15, 0.2) is 0 Å². The van der Waals surface area contributed by atoms with E-state index < -0.39 is 21.2 Å². The first-order chi connectivity index (χ1) is 4.73. The Bertz CT molecular complexity index is 222. The van der Waals surface area contributed by atoms with Gasteiger partial charge in [0.25, 0.3) is 0 Å². The third-order valence-electron chi connectivity index (χ3n) is 1.61. The summed E-state index contributed by atoms with van der Waals surface area (Å²) < 4.78 is 35.6. The number of hydrogen-bond acceptors (Lipinski definition) is 5. The van der Waals surface area contributed by atoms with Crippen LogP contribution in [0.25, 0.3) is 0 Å². The van der Waals surface area contributed by atoms with Gasteiger partial charge in [-0.3, -0.25) is 0 Å². The average molecular weight is 206 g/mol. The van der Waals surface area contributed by atoms with Crippen LogP contribution in [-0.2, 0) is 14.9 Å². The van der Waals surface area contributed by atoms with Crippen molar-refractivity contribution in [3.8, 4) is 0 Å². The summed E-state index contributed by atoms with van der Waals surface area (Å²) in [7, 11) is -3.52. The summed E-state index contributed by atoms with van der Waals surface area (Å²) >= 11 is 0. The van der Waals surface area contributed by atoms with E-state index in [-0.39, 0.29) is 29.6 Å². The molecule has 0 aliphatic carbocycles. The zero-order valence-corrected chi connectivity index (χ0v) is 10.4. The second kappa shape index (κ2) is 4.90. The Morgan fingerprint density at radius 2 is 1.92 bits per heavy atom. The van der Waals surface area contributed by atoms with E-state index in [0.29, 0.717) is 0 Å². The van der Waals surface area contributed by atoms with Gasteiger partial charge in [0, 0.05) is 7.11 Å². The monoisotopic (exact) mass is 206 g/mol. The van der Waals surface area contributed by atoms with Crippen molar-refractivity contribution in [3.63, 3.8) is 0 Å². The fraction of sp³-hybridized carbons (Fsp3) is 1.00. The molecule has 2 atom stereocenters. The number of methoxy groups -OCH3 is 1. The van der Waals surface area contributed by atoms with Crippen molar-refractivity contribution in [3.05, 3.63) is 0 Å². The van der Waals surface area contributed by atoms with Gasteiger partial charge in [-0.1, -0.05) is 0 Å². The minimum Gasteiger partial charge on any atom is -0.746 e. The van der Waals surface area contributed by atoms with Crippen LogP contribution in [0, 0.1) is 0 Å². The quantitative estimate of drug-likeness (QED) is 0.379. The maximum absolute atomic E-state index is 10.4. The standard InChI is InChI=1S/C5H12O5S.Na/c1-4(10-3)5(2,6)11(7,8)9;/h4,6H,1-3H3,(H,7,8,9);/q;+1/p-1. The molecule has 0 heterocycles. The minimum absolute atomic E-state index is 0. The number of aliphatic hydroxyl groups is 1. The molecular weight excluding hydrogens is 195 g/mol. The zero-order chi connectivity index (χ0) is 9.28. The second-order valence-electron chi connectivity index (χ2n) is 2.39. The van der Waals surface area contributed by atoms with Crippen LogP contribution in [0.1, 0.15) is 13.8 Å². The number of rotatable bonds is 3. The maximum atomic E-state index is 10.4. The second-order valence-corrected chi connectivity index (χ2v) is 4.12. The van der Waals surface area contributed by atoms with Crippen LogP contribution in [0.3, 0.4) is 0 Å². The van der Waals surface area contributed by atoms with E-state index in [4.69, 9.17) is 5.11 Å². The van der Waals surface area contributed by atoms with Gasteiger partial charge in [-0.2, -0.15) is 0 Å². The number of hydrogen-bond donors (Lipinski definition) is 1. The third-order valence-corrected chi connectivity index (χ3v) is 2.96. The maximum Gasteiger partial charge on any atom is 1.00 e. The Labute approximate surface area is 94.1 Å². The summed E-state index contributed by atoms with van der Waals surface area (Å²) in [4.78, 5) is -2.36. The molecule has 0 aliphatic heterocycles. The van der Waals surface area contributed by atoms with Crippen molar-refractivity contribution in [2.24, 2.45) is 0 Å². The Morgan fingerprint density at radius 1 is 1.58 bits per heavy atom. The Kier molecular flexibility index (Phi) is 6.25. The van der Waals surface area contributed by atoms with E-state index in [2.05, 4.69) is 4.74 Å². The summed E-state index contributed by atoms with van der Waals surface area (Å²) in [5, 5.41) is 9.09. The Balaban J connectivity index is 0. The van der Waals surface area contributed by atoms with E-state index in [1.807, 2.05) is 0 Å². The van der Waals surface area contributed by atoms with Gasteiger partial charge in [-0.05, 0) is 13.8 Å². The van der Waals surface area contributed by atoms with Crippen LogP contribution in [-0.4, -0.2) is 36.2 Å². The fourth-order valence-electron chi connectivity index (χ4n) is 0.422. The molecule has 0 aromatic carbocycles. The van der Waals surface area contributed by atoms with E-state index in [1.54, 1.807) is 0 Å². The van der Waals surface area contributed by atoms with E-state index in [0.717, 1.165) is 6.92 Å². The van der Waals surface area contributed by atoms with Gasteiger partial charge in [0.2, 0.25) is 0 Å². The van der Waals surface area contributed by atoms with E-state index >= 15 is 0 Å². The molecule has 68 valence electrons. The molecule has 0 spiro atoms. The van der Waals surface area contributed by atoms with Crippen molar-refractivity contribution in [1.29, 1.82) is 0 Å². The molecule has 0 aromatic heterocycles. The molecule has 0 radical (unpaired) electrons. The number of ether oxygens (including phenoxy) is 1. The first-order valence-electron chi connectivity index (χ1n) is 2.94. The molecule has 0 saturated carbocycles. The van der Waals surface area contributed by atoms with Gasteiger partial charge in [-0.25, -0.2) is 8.42 Å². The third kappa shape index (κ3) is 3.29. The van der Waals surface area contributed by atoms with Gasteiger partial charge >= 0.3 is 29.6 Å². The smallest absolute Gasteiger partial charge is 0.746 e. The van der Waals surface area contributed by atoms with E-state index in [9.17, 15) is 13.0 Å². The molecule has 5 nitrogen and oxygen atoms in total. The van der Waals surface area contributed by atoms with Gasteiger partial charge in [0.05, 0.1) is 6.10 Å². The molecule has 0 aromatic rings. The first-order valence-corrected chi connectivity index (χ1v) is 4.35. The normalized spacial score (nSPS) is 19.1. The molecule has 0 bridgehead atoms. The van der Waals surface area contributed by atoms with Crippen molar-refractivity contribution < 1.29 is 52.4 Å². The molecule has 1 N–H and O–H groups in total. The Hall–Kier alpha value is 0.830. The molecule has 12 heavy (non-hydrogen) atoms. The van der Waals surface area contributed by atoms with Crippen molar-refractivity contribution in [1.82, 2.24) is 0 Å². The van der Waals surface area contributed by atoms with Crippen molar-refractivity contribution >= 4 is 10.1 Å². The predicted octanol–water partition coefficient (Wildman–Crippen LogP) is -3.72. The summed E-state index contributed by atoms with van der Waals surface area (Å²) in [6.07, 6.45) is -1.04. The first kappa shape index (κ1) is 15.3. The molecule has 7 heteroatoms. The van der Waals surface area contributed by atoms with Gasteiger partial charge in [-0.15, -0.1) is 0 Å². The van der Waals surface area contributed by atoms with Crippen molar-refractivity contribution in [2.45, 2.75) is 24.9 Å². The molecule has 0 rings (SSSR count). The Morgan fingerprint density at radius 3 is 2.00 bits per heavy atom. The minimum atomic E-state index is -4.73. The summed E-state index contributed by atoms with van der Waals surface area (Å²) in [6, 6.07) is 0. The SMILES string of the molecule is COC(C)C(C)(O)S(=O)(=O)[O-].[Na+]. The molecule has 0 amide bonds. The van der Waals surface area contributed by atoms with Crippen LogP contribution in [0.2, 0.25) is 0 Å². The van der Waals surface area contributed by atoms with Gasteiger partial charge in [0.1, 0.15) is 10.1 Å². The van der Waals surface area contributed by atoms with Crippen LogP contribution in [0.5, 0.6) is 0 Å². The van der Waals surface area contributed by atoms with Crippen molar-refractivity contribution in [2.75, 3.05) is 7.11 Å². The van der Waals surface area contributed by atoms with E-state index in [1.165, 1.54) is 14.0 Å². The largest absolute Gasteiger partial charge is 1.00 e. The fourth-order valence-corrected chi connectivity index (χ4v) is 0.925. The summed E-state index contributed by atoms with van der Waals surface area (Å²) in [5.74, 6) is 0. The van der Waals surface area contributed by atoms with Crippen LogP contribution in [0.4, 0.5) is 0 Å². The zero-order valence-electron chi connectivity index (χ0n) is 7.57. The molecule has 0 fully saturated rings. The average Bonchev–Trinajstić information content (AvgIpc) is 1.83. The summed E-state index contributed by atoms with van der Waals surface area (Å²) in [5.41, 5.74) is 0. The van der Waals surface area contributed by atoms with Crippen LogP contribution < -0.4 is 29.6 Å². The molecular formula is C5H11NaO5S. The van der Waals surface area contributed by atoms with Gasteiger partial charge < -0.3 is 14.4 Å². The summed E-state index contributed by atoms with van der Waals surface area (Å²) in [6.45, 7) is 2.21. The molecule has 0 saturated heterocycles. The van der Waals surface area contributed by atoms with Crippen LogP contribution >= 0.6 is 0 Å².